The molecule has 3 nitrogen and oxygen atoms in total. The largest absolute Gasteiger partial charge is 0.337 e. The number of carbonyl (C=O) groups is 1. The van der Waals surface area contributed by atoms with Crippen LogP contribution in [0.2, 0.25) is 0 Å². The molecule has 1 unspecified atom stereocenters. The van der Waals surface area contributed by atoms with Gasteiger partial charge in [-0.15, -0.1) is 0 Å². The predicted molar refractivity (Wildman–Crippen MR) is 86.1 cm³/mol. The molecule has 0 aromatic heterocycles. The second kappa shape index (κ2) is 7.23. The summed E-state index contributed by atoms with van der Waals surface area (Å²) in [6.07, 6.45) is 3.39. The Morgan fingerprint density at radius 3 is 2.90 bits per heavy atom. The molecule has 4 heteroatoms. The number of carbonyl (C=O) groups excluding carboxylic acids is 1. The third kappa shape index (κ3) is 3.83. The summed E-state index contributed by atoms with van der Waals surface area (Å²) >= 11 is 3.45. The fraction of sp³-hybridized carbons (Fsp3) is 0.562. The lowest BCUT2D eigenvalue weighted by molar-refractivity contribution is 0.0741. The standard InChI is InChI=1S/C16H23BrN2O/c1-3-9-19(11-14-5-4-8-18-14)16(20)15-7-6-13(17)10-12(15)2/h6-7,10,14,18H,3-5,8-9,11H2,1-2H3. The molecule has 20 heavy (non-hydrogen) atoms. The van der Waals surface area contributed by atoms with Crippen LogP contribution >= 0.6 is 15.9 Å². The molecule has 1 aromatic rings. The second-order valence-corrected chi connectivity index (χ2v) is 6.42. The quantitative estimate of drug-likeness (QED) is 0.892. The summed E-state index contributed by atoms with van der Waals surface area (Å²) in [5.74, 6) is 0.158. The molecule has 1 fully saturated rings. The maximum Gasteiger partial charge on any atom is 0.254 e. The Balaban J connectivity index is 2.12. The van der Waals surface area contributed by atoms with Crippen LogP contribution in [0, 0.1) is 6.92 Å². The number of hydrogen-bond donors (Lipinski definition) is 1. The highest BCUT2D eigenvalue weighted by Gasteiger charge is 2.22. The van der Waals surface area contributed by atoms with Gasteiger partial charge in [-0.05, 0) is 56.5 Å². The predicted octanol–water partition coefficient (Wildman–Crippen LogP) is 3.36. The molecule has 0 saturated carbocycles. The van der Waals surface area contributed by atoms with Gasteiger partial charge in [-0.3, -0.25) is 4.79 Å². The van der Waals surface area contributed by atoms with Crippen molar-refractivity contribution >= 4 is 21.8 Å². The van der Waals surface area contributed by atoms with Crippen molar-refractivity contribution in [2.24, 2.45) is 0 Å². The van der Waals surface area contributed by atoms with E-state index >= 15 is 0 Å². The summed E-state index contributed by atoms with van der Waals surface area (Å²) in [6.45, 7) is 6.84. The first-order chi connectivity index (χ1) is 9.61. The van der Waals surface area contributed by atoms with Gasteiger partial charge < -0.3 is 10.2 Å². The molecule has 1 aromatic carbocycles. The van der Waals surface area contributed by atoms with E-state index in [4.69, 9.17) is 0 Å². The summed E-state index contributed by atoms with van der Waals surface area (Å²) in [4.78, 5) is 14.7. The number of rotatable bonds is 5. The normalized spacial score (nSPS) is 18.2. The Bertz CT molecular complexity index is 470. The maximum absolute atomic E-state index is 12.7. The molecule has 1 aliphatic rings. The lowest BCUT2D eigenvalue weighted by Crippen LogP contribution is -2.41. The molecule has 1 atom stereocenters. The van der Waals surface area contributed by atoms with Crippen LogP contribution in [0.15, 0.2) is 22.7 Å². The summed E-state index contributed by atoms with van der Waals surface area (Å²) in [7, 11) is 0. The molecular weight excluding hydrogens is 316 g/mol. The van der Waals surface area contributed by atoms with Gasteiger partial charge in [0, 0.05) is 29.2 Å². The van der Waals surface area contributed by atoms with E-state index in [9.17, 15) is 4.79 Å². The van der Waals surface area contributed by atoms with Gasteiger partial charge in [-0.2, -0.15) is 0 Å². The zero-order chi connectivity index (χ0) is 14.5. The Kier molecular flexibility index (Phi) is 5.61. The fourth-order valence-corrected chi connectivity index (χ4v) is 3.24. The number of amides is 1. The van der Waals surface area contributed by atoms with Crippen molar-refractivity contribution in [2.45, 2.75) is 39.2 Å². The first-order valence-electron chi connectivity index (χ1n) is 7.40. The first kappa shape index (κ1) is 15.5. The molecule has 1 saturated heterocycles. The minimum absolute atomic E-state index is 0.158. The van der Waals surface area contributed by atoms with Gasteiger partial charge in [0.05, 0.1) is 0 Å². The molecule has 1 heterocycles. The average molecular weight is 339 g/mol. The van der Waals surface area contributed by atoms with Gasteiger partial charge in [0.15, 0.2) is 0 Å². The van der Waals surface area contributed by atoms with E-state index in [-0.39, 0.29) is 5.91 Å². The minimum Gasteiger partial charge on any atom is -0.337 e. The van der Waals surface area contributed by atoms with E-state index in [1.807, 2.05) is 30.0 Å². The minimum atomic E-state index is 0.158. The van der Waals surface area contributed by atoms with Gasteiger partial charge >= 0.3 is 0 Å². The number of nitrogens with zero attached hydrogens (tertiary/aromatic N) is 1. The van der Waals surface area contributed by atoms with Gasteiger partial charge in [-0.1, -0.05) is 22.9 Å². The van der Waals surface area contributed by atoms with Crippen LogP contribution in [0.1, 0.15) is 42.1 Å². The lowest BCUT2D eigenvalue weighted by Gasteiger charge is -2.26. The zero-order valence-corrected chi connectivity index (χ0v) is 13.9. The molecule has 110 valence electrons. The van der Waals surface area contributed by atoms with E-state index in [2.05, 4.69) is 28.2 Å². The number of aryl methyl sites for hydroxylation is 1. The molecule has 0 aliphatic carbocycles. The highest BCUT2D eigenvalue weighted by atomic mass is 79.9. The van der Waals surface area contributed by atoms with Gasteiger partial charge in [0.25, 0.3) is 5.91 Å². The molecule has 1 aliphatic heterocycles. The van der Waals surface area contributed by atoms with Gasteiger partial charge in [0.2, 0.25) is 0 Å². The smallest absolute Gasteiger partial charge is 0.254 e. The average Bonchev–Trinajstić information content (AvgIpc) is 2.90. The number of hydrogen-bond acceptors (Lipinski definition) is 2. The highest BCUT2D eigenvalue weighted by Crippen LogP contribution is 2.18. The molecule has 1 N–H and O–H groups in total. The van der Waals surface area contributed by atoms with Crippen molar-refractivity contribution in [3.63, 3.8) is 0 Å². The third-order valence-electron chi connectivity index (χ3n) is 3.80. The molecule has 2 rings (SSSR count). The van der Waals surface area contributed by atoms with E-state index in [1.54, 1.807) is 0 Å². The molecule has 0 bridgehead atoms. The highest BCUT2D eigenvalue weighted by molar-refractivity contribution is 9.10. The van der Waals surface area contributed by atoms with Crippen molar-refractivity contribution in [1.82, 2.24) is 10.2 Å². The molecule has 0 radical (unpaired) electrons. The Labute approximate surface area is 129 Å². The lowest BCUT2D eigenvalue weighted by atomic mass is 10.1. The van der Waals surface area contributed by atoms with Crippen LogP contribution in [0.5, 0.6) is 0 Å². The van der Waals surface area contributed by atoms with E-state index in [1.165, 1.54) is 12.8 Å². The summed E-state index contributed by atoms with van der Waals surface area (Å²) in [6, 6.07) is 6.33. The third-order valence-corrected chi connectivity index (χ3v) is 4.30. The van der Waals surface area contributed by atoms with Crippen LogP contribution in [0.25, 0.3) is 0 Å². The molecular formula is C16H23BrN2O. The molecule has 1 amide bonds. The number of nitrogens with one attached hydrogen (secondary N) is 1. The summed E-state index contributed by atoms with van der Waals surface area (Å²) in [5.41, 5.74) is 1.85. The van der Waals surface area contributed by atoms with Crippen molar-refractivity contribution in [3.8, 4) is 0 Å². The van der Waals surface area contributed by atoms with Crippen LogP contribution in [-0.4, -0.2) is 36.5 Å². The molecule has 0 spiro atoms. The SMILES string of the molecule is CCCN(CC1CCCN1)C(=O)c1ccc(Br)cc1C. The topological polar surface area (TPSA) is 32.3 Å². The second-order valence-electron chi connectivity index (χ2n) is 5.50. The van der Waals surface area contributed by atoms with Crippen LogP contribution in [0.4, 0.5) is 0 Å². The zero-order valence-electron chi connectivity index (χ0n) is 12.3. The van der Waals surface area contributed by atoms with E-state index < -0.39 is 0 Å². The summed E-state index contributed by atoms with van der Waals surface area (Å²) in [5, 5.41) is 3.47. The van der Waals surface area contributed by atoms with Crippen molar-refractivity contribution in [1.29, 1.82) is 0 Å². The number of benzene rings is 1. The van der Waals surface area contributed by atoms with Gasteiger partial charge in [-0.25, -0.2) is 0 Å². The first-order valence-corrected chi connectivity index (χ1v) is 8.20. The monoisotopic (exact) mass is 338 g/mol. The van der Waals surface area contributed by atoms with E-state index in [0.717, 1.165) is 41.7 Å². The summed E-state index contributed by atoms with van der Waals surface area (Å²) < 4.78 is 1.02. The maximum atomic E-state index is 12.7. The van der Waals surface area contributed by atoms with Gasteiger partial charge in [0.1, 0.15) is 0 Å². The Morgan fingerprint density at radius 1 is 1.50 bits per heavy atom. The van der Waals surface area contributed by atoms with E-state index in [0.29, 0.717) is 6.04 Å². The fourth-order valence-electron chi connectivity index (χ4n) is 2.76. The Morgan fingerprint density at radius 2 is 2.30 bits per heavy atom. The van der Waals surface area contributed by atoms with Crippen LogP contribution in [0.3, 0.4) is 0 Å². The van der Waals surface area contributed by atoms with Crippen LogP contribution in [-0.2, 0) is 0 Å². The van der Waals surface area contributed by atoms with Crippen molar-refractivity contribution < 1.29 is 4.79 Å². The Hall–Kier alpha value is -0.870. The van der Waals surface area contributed by atoms with Crippen molar-refractivity contribution in [3.05, 3.63) is 33.8 Å². The van der Waals surface area contributed by atoms with Crippen molar-refractivity contribution in [2.75, 3.05) is 19.6 Å². The van der Waals surface area contributed by atoms with Crippen LogP contribution < -0.4 is 5.32 Å². The number of halogens is 1.